The fourth-order valence-electron chi connectivity index (χ4n) is 3.09. The van der Waals surface area contributed by atoms with Crippen LogP contribution in [0.4, 0.5) is 5.13 Å². The first-order valence-electron chi connectivity index (χ1n) is 9.49. The Morgan fingerprint density at radius 2 is 1.88 bits per heavy atom. The number of hydrogen-bond donors (Lipinski definition) is 1. The number of nitrogens with zero attached hydrogens (tertiary/aromatic N) is 3. The molecule has 32 heavy (non-hydrogen) atoms. The molecule has 3 heterocycles. The van der Waals surface area contributed by atoms with E-state index in [4.69, 9.17) is 9.47 Å². The Bertz CT molecular complexity index is 1260. The van der Waals surface area contributed by atoms with Crippen LogP contribution < -0.4 is 14.8 Å². The Hall–Kier alpha value is -2.95. The zero-order valence-electron chi connectivity index (χ0n) is 17.8. The molecule has 0 saturated carbocycles. The number of anilines is 1. The zero-order valence-corrected chi connectivity index (χ0v) is 20.3. The fourth-order valence-corrected chi connectivity index (χ4v) is 5.09. The van der Waals surface area contributed by atoms with Gasteiger partial charge in [0.1, 0.15) is 5.03 Å². The Morgan fingerprint density at radius 1 is 1.06 bits per heavy atom. The van der Waals surface area contributed by atoms with Gasteiger partial charge in [0.05, 0.1) is 36.0 Å². The molecule has 0 radical (unpaired) electrons. The van der Waals surface area contributed by atoms with E-state index in [0.717, 1.165) is 16.1 Å². The molecule has 0 saturated heterocycles. The first kappa shape index (κ1) is 22.3. The number of thiazole rings is 1. The highest BCUT2D eigenvalue weighted by molar-refractivity contribution is 7.98. The molecule has 0 aliphatic rings. The van der Waals surface area contributed by atoms with Crippen molar-refractivity contribution in [1.29, 1.82) is 0 Å². The Morgan fingerprint density at radius 3 is 2.56 bits per heavy atom. The average molecular weight is 485 g/mol. The number of carbonyl (C=O) groups excluding carboxylic acids is 1. The van der Waals surface area contributed by atoms with Crippen LogP contribution in [0.25, 0.3) is 22.0 Å². The summed E-state index contributed by atoms with van der Waals surface area (Å²) in [4.78, 5) is 27.8. The van der Waals surface area contributed by atoms with Crippen LogP contribution in [0.15, 0.2) is 46.1 Å². The summed E-state index contributed by atoms with van der Waals surface area (Å²) in [5.41, 5.74) is 2.68. The highest BCUT2D eigenvalue weighted by atomic mass is 32.2. The summed E-state index contributed by atoms with van der Waals surface area (Å²) in [5, 5.41) is 7.88. The molecule has 0 spiro atoms. The maximum Gasteiger partial charge on any atom is 0.262 e. The van der Waals surface area contributed by atoms with Gasteiger partial charge < -0.3 is 9.47 Å². The summed E-state index contributed by atoms with van der Waals surface area (Å²) in [7, 11) is 3.18. The minimum atomic E-state index is -0.280. The lowest BCUT2D eigenvalue weighted by molar-refractivity contribution is 0.102. The van der Waals surface area contributed by atoms with Gasteiger partial charge >= 0.3 is 0 Å². The number of methoxy groups -OCH3 is 2. The van der Waals surface area contributed by atoms with Crippen molar-refractivity contribution >= 4 is 45.5 Å². The van der Waals surface area contributed by atoms with Crippen molar-refractivity contribution in [3.63, 3.8) is 0 Å². The van der Waals surface area contributed by atoms with Gasteiger partial charge in [0, 0.05) is 10.9 Å². The number of aryl methyl sites for hydroxylation is 1. The summed E-state index contributed by atoms with van der Waals surface area (Å²) in [6.45, 7) is 1.82. The van der Waals surface area contributed by atoms with E-state index in [1.807, 2.05) is 54.3 Å². The number of aromatic nitrogens is 3. The van der Waals surface area contributed by atoms with Crippen LogP contribution in [-0.4, -0.2) is 41.3 Å². The lowest BCUT2D eigenvalue weighted by atomic mass is 10.1. The molecule has 4 aromatic rings. The number of thioether (sulfide) groups is 1. The van der Waals surface area contributed by atoms with Crippen LogP contribution in [-0.2, 0) is 0 Å². The molecular weight excluding hydrogens is 464 g/mol. The van der Waals surface area contributed by atoms with Gasteiger partial charge in [-0.2, -0.15) is 0 Å². The van der Waals surface area contributed by atoms with Crippen LogP contribution in [0.5, 0.6) is 11.5 Å². The molecule has 164 valence electrons. The Balaban J connectivity index is 1.58. The van der Waals surface area contributed by atoms with Crippen molar-refractivity contribution in [2.45, 2.75) is 11.9 Å². The predicted octanol–water partition coefficient (Wildman–Crippen LogP) is 5.63. The first-order valence-corrected chi connectivity index (χ1v) is 12.5. The van der Waals surface area contributed by atoms with E-state index < -0.39 is 0 Å². The van der Waals surface area contributed by atoms with E-state index in [9.17, 15) is 4.79 Å². The predicted molar refractivity (Wildman–Crippen MR) is 130 cm³/mol. The Kier molecular flexibility index (Phi) is 6.73. The molecular formula is C22H20N4O3S3. The lowest BCUT2D eigenvalue weighted by Crippen LogP contribution is -2.16. The second-order valence-electron chi connectivity index (χ2n) is 6.56. The number of carbonyl (C=O) groups is 1. The largest absolute Gasteiger partial charge is 0.493 e. The van der Waals surface area contributed by atoms with E-state index >= 15 is 0 Å². The zero-order chi connectivity index (χ0) is 22.7. The molecule has 3 aromatic heterocycles. The van der Waals surface area contributed by atoms with Gasteiger partial charge in [0.2, 0.25) is 0 Å². The number of ether oxygens (including phenoxy) is 2. The second-order valence-corrected chi connectivity index (χ2v) is 9.16. The van der Waals surface area contributed by atoms with Crippen LogP contribution >= 0.6 is 34.4 Å². The van der Waals surface area contributed by atoms with Crippen molar-refractivity contribution in [3.8, 4) is 33.5 Å². The topological polar surface area (TPSA) is 86.2 Å². The Labute approximate surface area is 197 Å². The van der Waals surface area contributed by atoms with E-state index in [-0.39, 0.29) is 5.91 Å². The van der Waals surface area contributed by atoms with Crippen LogP contribution in [0, 0.1) is 6.92 Å². The van der Waals surface area contributed by atoms with Gasteiger partial charge in [-0.3, -0.25) is 10.1 Å². The molecule has 1 aromatic carbocycles. The highest BCUT2D eigenvalue weighted by Gasteiger charge is 2.20. The van der Waals surface area contributed by atoms with Crippen LogP contribution in [0.3, 0.4) is 0 Å². The molecule has 0 aliphatic heterocycles. The molecule has 4 rings (SSSR count). The van der Waals surface area contributed by atoms with Crippen molar-refractivity contribution in [2.75, 3.05) is 25.8 Å². The van der Waals surface area contributed by atoms with Crippen LogP contribution in [0.1, 0.15) is 16.1 Å². The minimum Gasteiger partial charge on any atom is -0.493 e. The van der Waals surface area contributed by atoms with E-state index in [0.29, 0.717) is 38.7 Å². The van der Waals surface area contributed by atoms with Gasteiger partial charge in [-0.1, -0.05) is 6.07 Å². The SMILES string of the molecule is COc1ccc(-c2csc(NC(=O)c3c(C)nc(-c4cccs4)nc3SC)n2)cc1OC. The third kappa shape index (κ3) is 4.47. The second kappa shape index (κ2) is 9.68. The number of benzene rings is 1. The minimum absolute atomic E-state index is 0.280. The van der Waals surface area contributed by atoms with Crippen LogP contribution in [0.2, 0.25) is 0 Å². The van der Waals surface area contributed by atoms with E-state index in [1.54, 1.807) is 25.6 Å². The van der Waals surface area contributed by atoms with Crippen molar-refractivity contribution in [3.05, 3.63) is 52.3 Å². The van der Waals surface area contributed by atoms with Crippen molar-refractivity contribution in [1.82, 2.24) is 15.0 Å². The first-order chi connectivity index (χ1) is 15.5. The van der Waals surface area contributed by atoms with Gasteiger partial charge in [-0.05, 0) is 42.8 Å². The summed E-state index contributed by atoms with van der Waals surface area (Å²) in [6.07, 6.45) is 1.90. The summed E-state index contributed by atoms with van der Waals surface area (Å²) in [6, 6.07) is 9.50. The van der Waals surface area contributed by atoms with Gasteiger partial charge in [0.25, 0.3) is 5.91 Å². The van der Waals surface area contributed by atoms with Gasteiger partial charge in [-0.25, -0.2) is 15.0 Å². The van der Waals surface area contributed by atoms with Crippen molar-refractivity contribution in [2.24, 2.45) is 0 Å². The van der Waals surface area contributed by atoms with Gasteiger partial charge in [-0.15, -0.1) is 34.4 Å². The molecule has 7 nitrogen and oxygen atoms in total. The fraction of sp³-hybridized carbons (Fsp3) is 0.182. The molecule has 0 bridgehead atoms. The summed E-state index contributed by atoms with van der Waals surface area (Å²) >= 11 is 4.34. The molecule has 0 unspecified atom stereocenters. The van der Waals surface area contributed by atoms with Crippen molar-refractivity contribution < 1.29 is 14.3 Å². The number of hydrogen-bond acceptors (Lipinski definition) is 9. The standard InChI is InChI=1S/C22H20N4O3S3/c1-12-18(21(30-4)25-19(23-12)17-6-5-9-31-17)20(27)26-22-24-14(11-32-22)13-7-8-15(28-2)16(10-13)29-3/h5-11H,1-4H3,(H,24,26,27). The number of nitrogens with one attached hydrogen (secondary N) is 1. The molecule has 10 heteroatoms. The third-order valence-corrected chi connectivity index (χ3v) is 6.93. The molecule has 0 atom stereocenters. The summed E-state index contributed by atoms with van der Waals surface area (Å²) < 4.78 is 10.7. The van der Waals surface area contributed by atoms with E-state index in [1.165, 1.54) is 23.1 Å². The smallest absolute Gasteiger partial charge is 0.262 e. The monoisotopic (exact) mass is 484 g/mol. The number of rotatable bonds is 7. The average Bonchev–Trinajstić information content (AvgIpc) is 3.50. The lowest BCUT2D eigenvalue weighted by Gasteiger charge is -2.10. The normalized spacial score (nSPS) is 10.8. The third-order valence-electron chi connectivity index (χ3n) is 4.62. The summed E-state index contributed by atoms with van der Waals surface area (Å²) in [5.74, 6) is 1.61. The maximum absolute atomic E-state index is 13.1. The maximum atomic E-state index is 13.1. The number of amides is 1. The van der Waals surface area contributed by atoms with E-state index in [2.05, 4.69) is 20.3 Å². The molecule has 1 N–H and O–H groups in total. The van der Waals surface area contributed by atoms with Gasteiger partial charge in [0.15, 0.2) is 22.5 Å². The highest BCUT2D eigenvalue weighted by Crippen LogP contribution is 2.34. The molecule has 1 amide bonds. The molecule has 0 fully saturated rings. The molecule has 0 aliphatic carbocycles. The quantitative estimate of drug-likeness (QED) is 0.269. The number of thiophene rings is 1.